The number of hydrogen-bond acceptors (Lipinski definition) is 2. The molecule has 70 valence electrons. The largest absolute Gasteiger partial charge is 0.352 e. The van der Waals surface area contributed by atoms with Crippen molar-refractivity contribution in [2.24, 2.45) is 5.41 Å². The zero-order valence-electron chi connectivity index (χ0n) is 8.11. The summed E-state index contributed by atoms with van der Waals surface area (Å²) >= 11 is 0. The molecule has 1 aliphatic carbocycles. The molecule has 0 spiro atoms. The Kier molecular flexibility index (Phi) is 2.73. The van der Waals surface area contributed by atoms with Crippen LogP contribution in [0.4, 0.5) is 0 Å². The van der Waals surface area contributed by atoms with E-state index in [4.69, 9.17) is 0 Å². The quantitative estimate of drug-likeness (QED) is 0.645. The van der Waals surface area contributed by atoms with Crippen LogP contribution in [0.2, 0.25) is 0 Å². The SMILES string of the molecule is CCNCC(=O)NC1CC1(C)C. The molecule has 0 saturated heterocycles. The Morgan fingerprint density at radius 2 is 2.17 bits per heavy atom. The van der Waals surface area contributed by atoms with Crippen LogP contribution in [0.1, 0.15) is 27.2 Å². The number of hydrogen-bond donors (Lipinski definition) is 2. The first kappa shape index (κ1) is 9.52. The minimum absolute atomic E-state index is 0.118. The average Bonchev–Trinajstić information content (AvgIpc) is 2.54. The standard InChI is InChI=1S/C9H18N2O/c1-4-10-6-8(12)11-7-5-9(7,2)3/h7,10H,4-6H2,1-3H3,(H,11,12). The van der Waals surface area contributed by atoms with E-state index >= 15 is 0 Å². The summed E-state index contributed by atoms with van der Waals surface area (Å²) in [5.74, 6) is 0.118. The topological polar surface area (TPSA) is 41.1 Å². The summed E-state index contributed by atoms with van der Waals surface area (Å²) in [5, 5.41) is 5.97. The molecule has 0 aromatic rings. The minimum Gasteiger partial charge on any atom is -0.352 e. The fourth-order valence-corrected chi connectivity index (χ4v) is 1.20. The Morgan fingerprint density at radius 3 is 2.58 bits per heavy atom. The van der Waals surface area contributed by atoms with Crippen LogP contribution in [-0.2, 0) is 4.79 Å². The van der Waals surface area contributed by atoms with Gasteiger partial charge in [0.1, 0.15) is 0 Å². The van der Waals surface area contributed by atoms with Crippen LogP contribution in [0.3, 0.4) is 0 Å². The van der Waals surface area contributed by atoms with E-state index in [1.807, 2.05) is 6.92 Å². The summed E-state index contributed by atoms with van der Waals surface area (Å²) in [7, 11) is 0. The first-order valence-corrected chi connectivity index (χ1v) is 4.56. The van der Waals surface area contributed by atoms with Crippen molar-refractivity contribution in [3.8, 4) is 0 Å². The van der Waals surface area contributed by atoms with Crippen molar-refractivity contribution in [3.63, 3.8) is 0 Å². The molecule has 0 aliphatic heterocycles. The first-order valence-electron chi connectivity index (χ1n) is 4.56. The van der Waals surface area contributed by atoms with Gasteiger partial charge in [-0.3, -0.25) is 4.79 Å². The highest BCUT2D eigenvalue weighted by molar-refractivity contribution is 5.78. The molecule has 1 fully saturated rings. The number of likely N-dealkylation sites (N-methyl/N-ethyl adjacent to an activating group) is 1. The molecule has 0 aromatic heterocycles. The van der Waals surface area contributed by atoms with E-state index in [0.717, 1.165) is 13.0 Å². The highest BCUT2D eigenvalue weighted by Gasteiger charge is 2.46. The van der Waals surface area contributed by atoms with Crippen LogP contribution >= 0.6 is 0 Å². The predicted octanol–water partition coefficient (Wildman–Crippen LogP) is 0.511. The third-order valence-electron chi connectivity index (χ3n) is 2.38. The lowest BCUT2D eigenvalue weighted by molar-refractivity contribution is -0.120. The van der Waals surface area contributed by atoms with Gasteiger partial charge in [-0.2, -0.15) is 0 Å². The summed E-state index contributed by atoms with van der Waals surface area (Å²) in [6.07, 6.45) is 1.12. The molecule has 0 heterocycles. The molecule has 3 nitrogen and oxygen atoms in total. The zero-order chi connectivity index (χ0) is 9.19. The zero-order valence-corrected chi connectivity index (χ0v) is 8.11. The Labute approximate surface area is 73.9 Å². The molecule has 1 aliphatic rings. The van der Waals surface area contributed by atoms with Crippen LogP contribution in [-0.4, -0.2) is 25.0 Å². The molecule has 3 heteroatoms. The van der Waals surface area contributed by atoms with E-state index < -0.39 is 0 Å². The van der Waals surface area contributed by atoms with Gasteiger partial charge in [-0.05, 0) is 18.4 Å². The number of nitrogens with one attached hydrogen (secondary N) is 2. The lowest BCUT2D eigenvalue weighted by Gasteiger charge is -2.06. The molecule has 1 amide bonds. The Hall–Kier alpha value is -0.570. The maximum absolute atomic E-state index is 11.2. The van der Waals surface area contributed by atoms with Gasteiger partial charge in [0.05, 0.1) is 6.54 Å². The van der Waals surface area contributed by atoms with Crippen LogP contribution in [0.25, 0.3) is 0 Å². The highest BCUT2D eigenvalue weighted by atomic mass is 16.2. The Morgan fingerprint density at radius 1 is 1.58 bits per heavy atom. The smallest absolute Gasteiger partial charge is 0.234 e. The first-order chi connectivity index (χ1) is 5.56. The Balaban J connectivity index is 2.12. The molecule has 0 bridgehead atoms. The van der Waals surface area contributed by atoms with Gasteiger partial charge in [-0.25, -0.2) is 0 Å². The van der Waals surface area contributed by atoms with Crippen molar-refractivity contribution < 1.29 is 4.79 Å². The third-order valence-corrected chi connectivity index (χ3v) is 2.38. The van der Waals surface area contributed by atoms with Gasteiger partial charge >= 0.3 is 0 Å². The normalized spacial score (nSPS) is 25.1. The average molecular weight is 170 g/mol. The number of amides is 1. The fourth-order valence-electron chi connectivity index (χ4n) is 1.20. The number of carbonyl (C=O) groups is 1. The minimum atomic E-state index is 0.118. The molecule has 0 radical (unpaired) electrons. The van der Waals surface area contributed by atoms with Gasteiger partial charge in [-0.1, -0.05) is 20.8 Å². The van der Waals surface area contributed by atoms with E-state index in [2.05, 4.69) is 24.5 Å². The molecule has 1 unspecified atom stereocenters. The van der Waals surface area contributed by atoms with Crippen molar-refractivity contribution >= 4 is 5.91 Å². The van der Waals surface area contributed by atoms with Crippen molar-refractivity contribution in [3.05, 3.63) is 0 Å². The van der Waals surface area contributed by atoms with E-state index in [9.17, 15) is 4.79 Å². The van der Waals surface area contributed by atoms with Gasteiger partial charge in [0, 0.05) is 6.04 Å². The van der Waals surface area contributed by atoms with E-state index in [1.54, 1.807) is 0 Å². The van der Waals surface area contributed by atoms with Crippen molar-refractivity contribution in [2.45, 2.75) is 33.2 Å². The summed E-state index contributed by atoms with van der Waals surface area (Å²) in [5.41, 5.74) is 0.335. The van der Waals surface area contributed by atoms with Crippen molar-refractivity contribution in [1.29, 1.82) is 0 Å². The molecule has 2 N–H and O–H groups in total. The lowest BCUT2D eigenvalue weighted by Crippen LogP contribution is -2.36. The molecule has 1 saturated carbocycles. The lowest BCUT2D eigenvalue weighted by atomic mass is 10.2. The molecule has 0 aromatic carbocycles. The number of carbonyl (C=O) groups excluding carboxylic acids is 1. The van der Waals surface area contributed by atoms with Crippen molar-refractivity contribution in [1.82, 2.24) is 10.6 Å². The van der Waals surface area contributed by atoms with Gasteiger partial charge in [0.15, 0.2) is 0 Å². The maximum Gasteiger partial charge on any atom is 0.234 e. The highest BCUT2D eigenvalue weighted by Crippen LogP contribution is 2.44. The maximum atomic E-state index is 11.2. The van der Waals surface area contributed by atoms with Gasteiger partial charge in [-0.15, -0.1) is 0 Å². The summed E-state index contributed by atoms with van der Waals surface area (Å²) in [6, 6.07) is 0.406. The predicted molar refractivity (Wildman–Crippen MR) is 48.9 cm³/mol. The molecular formula is C9H18N2O. The third kappa shape index (κ3) is 2.48. The Bertz CT molecular complexity index is 177. The van der Waals surface area contributed by atoms with E-state index in [-0.39, 0.29) is 5.91 Å². The second-order valence-corrected chi connectivity index (χ2v) is 4.09. The molecule has 1 atom stereocenters. The van der Waals surface area contributed by atoms with Crippen LogP contribution in [0.15, 0.2) is 0 Å². The second-order valence-electron chi connectivity index (χ2n) is 4.09. The summed E-state index contributed by atoms with van der Waals surface area (Å²) < 4.78 is 0. The summed E-state index contributed by atoms with van der Waals surface area (Å²) in [6.45, 7) is 7.63. The van der Waals surface area contributed by atoms with Crippen LogP contribution in [0.5, 0.6) is 0 Å². The van der Waals surface area contributed by atoms with Crippen LogP contribution in [0, 0.1) is 5.41 Å². The van der Waals surface area contributed by atoms with Crippen molar-refractivity contribution in [2.75, 3.05) is 13.1 Å². The van der Waals surface area contributed by atoms with Gasteiger partial charge in [0.25, 0.3) is 0 Å². The molecule has 12 heavy (non-hydrogen) atoms. The molecular weight excluding hydrogens is 152 g/mol. The summed E-state index contributed by atoms with van der Waals surface area (Å²) in [4.78, 5) is 11.2. The fraction of sp³-hybridized carbons (Fsp3) is 0.889. The van der Waals surface area contributed by atoms with Crippen LogP contribution < -0.4 is 10.6 Å². The van der Waals surface area contributed by atoms with E-state index in [0.29, 0.717) is 18.0 Å². The van der Waals surface area contributed by atoms with E-state index in [1.165, 1.54) is 0 Å². The monoisotopic (exact) mass is 170 g/mol. The van der Waals surface area contributed by atoms with Gasteiger partial charge in [0.2, 0.25) is 5.91 Å². The molecule has 1 rings (SSSR count). The second kappa shape index (κ2) is 3.44. The van der Waals surface area contributed by atoms with Gasteiger partial charge < -0.3 is 10.6 Å². The number of rotatable bonds is 4.